The van der Waals surface area contributed by atoms with E-state index in [9.17, 15) is 9.59 Å². The number of ether oxygens (including phenoxy) is 1. The zero-order valence-electron chi connectivity index (χ0n) is 10.1. The molecule has 0 fully saturated rings. The maximum atomic E-state index is 11.5. The van der Waals surface area contributed by atoms with Gasteiger partial charge in [0.2, 0.25) is 0 Å². The Labute approximate surface area is 100 Å². The van der Waals surface area contributed by atoms with Gasteiger partial charge in [0, 0.05) is 12.4 Å². The van der Waals surface area contributed by atoms with E-state index >= 15 is 0 Å². The van der Waals surface area contributed by atoms with E-state index in [-0.39, 0.29) is 0 Å². The topological polar surface area (TPSA) is 68.3 Å². The normalized spacial score (nSPS) is 12.6. The first-order valence-corrected chi connectivity index (χ1v) is 5.27. The maximum Gasteiger partial charge on any atom is 0.408 e. The summed E-state index contributed by atoms with van der Waals surface area (Å²) in [6, 6.07) is 2.67. The molecule has 0 saturated heterocycles. The highest BCUT2D eigenvalue weighted by molar-refractivity contribution is 5.74. The molecule has 1 atom stereocenters. The number of aromatic nitrogens is 1. The fourth-order valence-electron chi connectivity index (χ4n) is 1.19. The van der Waals surface area contributed by atoms with E-state index in [0.717, 1.165) is 0 Å². The number of rotatable bonds is 3. The van der Waals surface area contributed by atoms with Crippen LogP contribution in [0.3, 0.4) is 0 Å². The van der Waals surface area contributed by atoms with Crippen LogP contribution in [-0.2, 0) is 9.53 Å². The molecule has 1 unspecified atom stereocenters. The Bertz CT molecular complexity index is 384. The van der Waals surface area contributed by atoms with Gasteiger partial charge in [0.25, 0.3) is 0 Å². The molecule has 0 aliphatic rings. The van der Waals surface area contributed by atoms with Crippen LogP contribution in [0.4, 0.5) is 4.79 Å². The van der Waals surface area contributed by atoms with Crippen molar-refractivity contribution in [2.75, 3.05) is 0 Å². The molecule has 1 aromatic heterocycles. The quantitative estimate of drug-likeness (QED) is 0.813. The molecule has 0 aliphatic heterocycles. The predicted molar refractivity (Wildman–Crippen MR) is 62.4 cm³/mol. The minimum atomic E-state index is -0.737. The molecule has 0 aliphatic carbocycles. The molecule has 5 heteroatoms. The van der Waals surface area contributed by atoms with Crippen LogP contribution in [0.2, 0.25) is 0 Å². The van der Waals surface area contributed by atoms with E-state index < -0.39 is 17.7 Å². The first-order valence-electron chi connectivity index (χ1n) is 5.27. The summed E-state index contributed by atoms with van der Waals surface area (Å²) < 4.78 is 5.06. The number of carbonyl (C=O) groups is 2. The highest BCUT2D eigenvalue weighted by Gasteiger charge is 2.20. The van der Waals surface area contributed by atoms with Gasteiger partial charge >= 0.3 is 6.09 Å². The molecule has 0 radical (unpaired) electrons. The Balaban J connectivity index is 2.66. The van der Waals surface area contributed by atoms with Crippen LogP contribution in [0.5, 0.6) is 0 Å². The summed E-state index contributed by atoms with van der Waals surface area (Å²) >= 11 is 0. The summed E-state index contributed by atoms with van der Waals surface area (Å²) in [5.74, 6) is 0. The van der Waals surface area contributed by atoms with E-state index in [1.165, 1.54) is 6.20 Å². The van der Waals surface area contributed by atoms with E-state index in [1.807, 2.05) is 0 Å². The summed E-state index contributed by atoms with van der Waals surface area (Å²) in [6.45, 7) is 5.27. The predicted octanol–water partition coefficient (Wildman–Crippen LogP) is 1.85. The zero-order valence-corrected chi connectivity index (χ0v) is 10.1. The highest BCUT2D eigenvalue weighted by atomic mass is 16.6. The largest absolute Gasteiger partial charge is 0.444 e. The number of amides is 1. The van der Waals surface area contributed by atoms with Crippen molar-refractivity contribution in [3.8, 4) is 0 Å². The summed E-state index contributed by atoms with van der Waals surface area (Å²) in [4.78, 5) is 26.3. The lowest BCUT2D eigenvalue weighted by Gasteiger charge is -2.21. The number of hydrogen-bond donors (Lipinski definition) is 1. The molecule has 92 valence electrons. The van der Waals surface area contributed by atoms with Crippen LogP contribution in [-0.4, -0.2) is 23.0 Å². The molecule has 1 N–H and O–H groups in total. The van der Waals surface area contributed by atoms with Gasteiger partial charge in [0.1, 0.15) is 17.9 Å². The van der Waals surface area contributed by atoms with Gasteiger partial charge in [0.05, 0.1) is 0 Å². The van der Waals surface area contributed by atoms with Crippen molar-refractivity contribution in [1.29, 1.82) is 0 Å². The highest BCUT2D eigenvalue weighted by Crippen LogP contribution is 2.11. The molecule has 1 heterocycles. The molecule has 1 aromatic rings. The van der Waals surface area contributed by atoms with Crippen LogP contribution >= 0.6 is 0 Å². The number of alkyl carbamates (subject to hydrolysis) is 1. The summed E-state index contributed by atoms with van der Waals surface area (Å²) in [6.07, 6.45) is 3.13. The summed E-state index contributed by atoms with van der Waals surface area (Å²) in [7, 11) is 0. The maximum absolute atomic E-state index is 11.5. The minimum absolute atomic E-state index is 0.591. The van der Waals surface area contributed by atoms with E-state index in [0.29, 0.717) is 11.8 Å². The number of nitrogens with zero attached hydrogens (tertiary/aromatic N) is 1. The van der Waals surface area contributed by atoms with Gasteiger partial charge in [-0.15, -0.1) is 0 Å². The molecule has 5 nitrogen and oxygen atoms in total. The minimum Gasteiger partial charge on any atom is -0.444 e. The van der Waals surface area contributed by atoms with Gasteiger partial charge in [-0.25, -0.2) is 4.79 Å². The molecular weight excluding hydrogens is 220 g/mol. The molecular formula is C12H16N2O3. The van der Waals surface area contributed by atoms with Crippen LogP contribution in [0, 0.1) is 0 Å². The molecule has 1 amide bonds. The molecule has 0 saturated carbocycles. The second kappa shape index (κ2) is 5.43. The van der Waals surface area contributed by atoms with E-state index in [2.05, 4.69) is 10.3 Å². The van der Waals surface area contributed by atoms with Gasteiger partial charge < -0.3 is 14.8 Å². The Morgan fingerprint density at radius 2 is 2.24 bits per heavy atom. The zero-order chi connectivity index (χ0) is 12.9. The molecule has 0 bridgehead atoms. The third-order valence-electron chi connectivity index (χ3n) is 1.85. The van der Waals surface area contributed by atoms with E-state index in [4.69, 9.17) is 4.74 Å². The van der Waals surface area contributed by atoms with Crippen molar-refractivity contribution in [3.05, 3.63) is 30.1 Å². The average Bonchev–Trinajstić information content (AvgIpc) is 2.24. The Kier molecular flexibility index (Phi) is 4.20. The first-order chi connectivity index (χ1) is 7.92. The number of carbonyl (C=O) groups excluding carboxylic acids is 2. The van der Waals surface area contributed by atoms with E-state index in [1.54, 1.807) is 39.1 Å². The van der Waals surface area contributed by atoms with Crippen molar-refractivity contribution in [2.24, 2.45) is 0 Å². The second-order valence-corrected chi connectivity index (χ2v) is 4.55. The standard InChI is InChI=1S/C12H16N2O3/c1-12(2,3)17-11(16)14-10(8-15)9-5-4-6-13-7-9/h4-8,10H,1-3H3,(H,14,16). The van der Waals surface area contributed by atoms with Crippen molar-refractivity contribution < 1.29 is 14.3 Å². The van der Waals surface area contributed by atoms with Crippen LogP contribution < -0.4 is 5.32 Å². The summed E-state index contributed by atoms with van der Waals surface area (Å²) in [5.41, 5.74) is 0.0280. The number of nitrogens with one attached hydrogen (secondary N) is 1. The molecule has 0 aromatic carbocycles. The smallest absolute Gasteiger partial charge is 0.408 e. The van der Waals surface area contributed by atoms with Gasteiger partial charge in [-0.1, -0.05) is 6.07 Å². The van der Waals surface area contributed by atoms with Crippen molar-refractivity contribution in [1.82, 2.24) is 10.3 Å². The fraction of sp³-hybridized carbons (Fsp3) is 0.417. The lowest BCUT2D eigenvalue weighted by atomic mass is 10.1. The Hall–Kier alpha value is -1.91. The Morgan fingerprint density at radius 1 is 1.53 bits per heavy atom. The van der Waals surface area contributed by atoms with Gasteiger partial charge in [-0.05, 0) is 32.4 Å². The number of hydrogen-bond acceptors (Lipinski definition) is 4. The monoisotopic (exact) mass is 236 g/mol. The average molecular weight is 236 g/mol. The molecule has 0 spiro atoms. The van der Waals surface area contributed by atoms with Crippen molar-refractivity contribution in [3.63, 3.8) is 0 Å². The third kappa shape index (κ3) is 4.63. The van der Waals surface area contributed by atoms with Crippen LogP contribution in [0.25, 0.3) is 0 Å². The SMILES string of the molecule is CC(C)(C)OC(=O)NC(C=O)c1cccnc1. The number of aldehydes is 1. The Morgan fingerprint density at radius 3 is 2.71 bits per heavy atom. The molecule has 1 rings (SSSR count). The first kappa shape index (κ1) is 13.2. The van der Waals surface area contributed by atoms with Crippen molar-refractivity contribution >= 4 is 12.4 Å². The lowest BCUT2D eigenvalue weighted by molar-refractivity contribution is -0.109. The van der Waals surface area contributed by atoms with Crippen molar-refractivity contribution in [2.45, 2.75) is 32.4 Å². The summed E-state index contributed by atoms with van der Waals surface area (Å²) in [5, 5.41) is 2.47. The van der Waals surface area contributed by atoms with Crippen LogP contribution in [0.1, 0.15) is 32.4 Å². The fourth-order valence-corrected chi connectivity index (χ4v) is 1.19. The number of pyridine rings is 1. The lowest BCUT2D eigenvalue weighted by Crippen LogP contribution is -2.35. The second-order valence-electron chi connectivity index (χ2n) is 4.55. The van der Waals surface area contributed by atoms with Crippen LogP contribution in [0.15, 0.2) is 24.5 Å². The van der Waals surface area contributed by atoms with Gasteiger partial charge in [-0.2, -0.15) is 0 Å². The third-order valence-corrected chi connectivity index (χ3v) is 1.85. The van der Waals surface area contributed by atoms with Gasteiger partial charge in [-0.3, -0.25) is 4.98 Å². The molecule has 17 heavy (non-hydrogen) atoms. The van der Waals surface area contributed by atoms with Gasteiger partial charge in [0.15, 0.2) is 0 Å².